The van der Waals surface area contributed by atoms with Crippen LogP contribution in [-0.4, -0.2) is 124 Å². The predicted molar refractivity (Wildman–Crippen MR) is 238 cm³/mol. The number of piperazine rings is 1. The molecule has 1 atom stereocenters. The SMILES string of the molecule is COc1ccc(CCN(C)CCCC(C#N)(c2ccc(OC)c(OC)c2)C(C)C)cc1OC.O=C1CC2(CCCC2)CC(=O)N1CCCCN1CCN(c2ncccn2)CC1. The van der Waals surface area contributed by atoms with Gasteiger partial charge in [0.15, 0.2) is 23.0 Å². The van der Waals surface area contributed by atoms with Gasteiger partial charge in [0.05, 0.1) is 39.9 Å². The van der Waals surface area contributed by atoms with Crippen molar-refractivity contribution in [3.8, 4) is 29.1 Å². The van der Waals surface area contributed by atoms with Gasteiger partial charge >= 0.3 is 0 Å². The third kappa shape index (κ3) is 12.3. The van der Waals surface area contributed by atoms with E-state index in [1.807, 2.05) is 36.4 Å². The molecule has 0 radical (unpaired) electrons. The highest BCUT2D eigenvalue weighted by molar-refractivity contribution is 5.98. The topological polar surface area (TPSA) is 134 Å². The van der Waals surface area contributed by atoms with E-state index in [4.69, 9.17) is 18.9 Å². The zero-order valence-electron chi connectivity index (χ0n) is 37.8. The summed E-state index contributed by atoms with van der Waals surface area (Å²) < 4.78 is 21.6. The first kappa shape index (κ1) is 47.1. The molecule has 2 saturated heterocycles. The summed E-state index contributed by atoms with van der Waals surface area (Å²) in [5.41, 5.74) is 1.61. The minimum atomic E-state index is -0.580. The molecular formula is C48H69N7O6. The van der Waals surface area contributed by atoms with Crippen molar-refractivity contribution in [2.24, 2.45) is 11.3 Å². The smallest absolute Gasteiger partial charge is 0.229 e. The monoisotopic (exact) mass is 840 g/mol. The summed E-state index contributed by atoms with van der Waals surface area (Å²) >= 11 is 0. The number of ether oxygens (including phenoxy) is 4. The van der Waals surface area contributed by atoms with Crippen molar-refractivity contribution in [1.29, 1.82) is 5.26 Å². The summed E-state index contributed by atoms with van der Waals surface area (Å²) in [5.74, 6) is 3.93. The lowest BCUT2D eigenvalue weighted by molar-refractivity contribution is -0.153. The van der Waals surface area contributed by atoms with Crippen molar-refractivity contribution < 1.29 is 28.5 Å². The maximum Gasteiger partial charge on any atom is 0.229 e. The summed E-state index contributed by atoms with van der Waals surface area (Å²) in [5, 5.41) is 10.2. The second-order valence-electron chi connectivity index (χ2n) is 17.2. The van der Waals surface area contributed by atoms with Crippen LogP contribution in [0, 0.1) is 22.7 Å². The molecule has 13 heteroatoms. The zero-order chi connectivity index (χ0) is 43.8. The van der Waals surface area contributed by atoms with Gasteiger partial charge in [-0.15, -0.1) is 0 Å². The first-order chi connectivity index (χ1) is 29.5. The lowest BCUT2D eigenvalue weighted by atomic mass is 9.69. The van der Waals surface area contributed by atoms with E-state index in [0.29, 0.717) is 30.9 Å². The van der Waals surface area contributed by atoms with E-state index < -0.39 is 5.41 Å². The third-order valence-corrected chi connectivity index (χ3v) is 13.1. The van der Waals surface area contributed by atoms with Crippen LogP contribution in [0.25, 0.3) is 0 Å². The Morgan fingerprint density at radius 1 is 0.787 bits per heavy atom. The Kier molecular flexibility index (Phi) is 17.6. The minimum Gasteiger partial charge on any atom is -0.493 e. The number of hydrogen-bond acceptors (Lipinski definition) is 12. The number of rotatable bonds is 19. The van der Waals surface area contributed by atoms with Crippen molar-refractivity contribution in [3.63, 3.8) is 0 Å². The highest BCUT2D eigenvalue weighted by Crippen LogP contribution is 2.47. The quantitative estimate of drug-likeness (QED) is 0.0895. The molecular weight excluding hydrogens is 771 g/mol. The van der Waals surface area contributed by atoms with Crippen LogP contribution in [0.1, 0.15) is 89.2 Å². The average molecular weight is 840 g/mol. The van der Waals surface area contributed by atoms with Crippen LogP contribution < -0.4 is 23.8 Å². The maximum absolute atomic E-state index is 12.5. The van der Waals surface area contributed by atoms with Gasteiger partial charge in [0.1, 0.15) is 0 Å². The number of methoxy groups -OCH3 is 4. The van der Waals surface area contributed by atoms with Gasteiger partial charge < -0.3 is 28.7 Å². The molecule has 332 valence electrons. The molecule has 2 aromatic carbocycles. The molecule has 3 aliphatic rings. The molecule has 2 amide bonds. The average Bonchev–Trinajstić information content (AvgIpc) is 3.73. The number of likely N-dealkylation sites (tertiary alicyclic amines) is 1. The summed E-state index contributed by atoms with van der Waals surface area (Å²) in [6.45, 7) is 11.6. The molecule has 0 N–H and O–H groups in total. The molecule has 1 saturated carbocycles. The second-order valence-corrected chi connectivity index (χ2v) is 17.2. The highest BCUT2D eigenvalue weighted by Gasteiger charge is 2.44. The molecule has 3 aromatic rings. The molecule has 1 aliphatic carbocycles. The summed E-state index contributed by atoms with van der Waals surface area (Å²) in [4.78, 5) is 42.2. The number of amides is 2. The lowest BCUT2D eigenvalue weighted by Crippen LogP contribution is -2.48. The number of nitrogens with zero attached hydrogens (tertiary/aromatic N) is 7. The zero-order valence-corrected chi connectivity index (χ0v) is 37.8. The molecule has 0 bridgehead atoms. The van der Waals surface area contributed by atoms with Crippen LogP contribution in [0.4, 0.5) is 5.95 Å². The van der Waals surface area contributed by atoms with Gasteiger partial charge in [-0.1, -0.05) is 38.8 Å². The Labute approximate surface area is 364 Å². The Morgan fingerprint density at radius 2 is 1.38 bits per heavy atom. The summed E-state index contributed by atoms with van der Waals surface area (Å²) in [7, 11) is 8.67. The van der Waals surface area contributed by atoms with E-state index in [-0.39, 0.29) is 23.1 Å². The summed E-state index contributed by atoms with van der Waals surface area (Å²) in [6, 6.07) is 16.4. The van der Waals surface area contributed by atoms with Crippen molar-refractivity contribution >= 4 is 17.8 Å². The van der Waals surface area contributed by atoms with Crippen LogP contribution in [0.5, 0.6) is 23.0 Å². The number of unbranched alkanes of at least 4 members (excludes halogenated alkanes) is 1. The van der Waals surface area contributed by atoms with Crippen LogP contribution in [-0.2, 0) is 21.4 Å². The van der Waals surface area contributed by atoms with Crippen LogP contribution >= 0.6 is 0 Å². The number of imide groups is 1. The van der Waals surface area contributed by atoms with Gasteiger partial charge in [0, 0.05) is 64.5 Å². The molecule has 2 aliphatic heterocycles. The largest absolute Gasteiger partial charge is 0.493 e. The Balaban J connectivity index is 0.000000233. The van der Waals surface area contributed by atoms with Gasteiger partial charge in [0.2, 0.25) is 17.8 Å². The number of anilines is 1. The molecule has 1 unspecified atom stereocenters. The molecule has 1 spiro atoms. The predicted octanol–water partition coefficient (Wildman–Crippen LogP) is 7.18. The van der Waals surface area contributed by atoms with Crippen LogP contribution in [0.15, 0.2) is 54.9 Å². The maximum atomic E-state index is 12.5. The van der Waals surface area contributed by atoms with E-state index in [2.05, 4.69) is 57.7 Å². The number of carbonyl (C=O) groups excluding carboxylic acids is 2. The van der Waals surface area contributed by atoms with E-state index in [1.165, 1.54) is 23.3 Å². The number of aromatic nitrogens is 2. The lowest BCUT2D eigenvalue weighted by Gasteiger charge is -2.37. The Morgan fingerprint density at radius 3 is 1.97 bits per heavy atom. The Hall–Kier alpha value is -4.93. The minimum absolute atomic E-state index is 0.00676. The van der Waals surface area contributed by atoms with E-state index in [9.17, 15) is 14.9 Å². The number of nitriles is 1. The Bertz CT molecular complexity index is 1870. The highest BCUT2D eigenvalue weighted by atomic mass is 16.5. The first-order valence-electron chi connectivity index (χ1n) is 22.1. The number of likely N-dealkylation sites (N-methyl/N-ethyl adjacent to an activating group) is 1. The van der Waals surface area contributed by atoms with Crippen LogP contribution in [0.2, 0.25) is 0 Å². The van der Waals surface area contributed by atoms with Gasteiger partial charge in [0.25, 0.3) is 0 Å². The van der Waals surface area contributed by atoms with Gasteiger partial charge in [-0.25, -0.2) is 9.97 Å². The number of benzene rings is 2. The van der Waals surface area contributed by atoms with Crippen molar-refractivity contribution in [3.05, 3.63) is 66.0 Å². The number of hydrogen-bond donors (Lipinski definition) is 0. The molecule has 1 aromatic heterocycles. The van der Waals surface area contributed by atoms with Gasteiger partial charge in [-0.3, -0.25) is 19.4 Å². The second kappa shape index (κ2) is 22.8. The fourth-order valence-electron chi connectivity index (χ4n) is 9.22. The standard InChI is InChI=1S/C27H38N2O4.C21H31N5O2/c1-20(2)27(19-28,22-10-12-24(31-5)26(18-22)33-7)14-8-15-29(3)16-13-21-9-11-23(30-4)25(17-21)32-6;27-18-16-21(6-1-2-7-21)17-19(28)26(18)11-4-3-10-24-12-14-25(15-13-24)20-22-8-5-9-23-20/h9-12,17-18,20H,8,13-16H2,1-7H3;5,8-9H,1-4,6-7,10-17H2. The third-order valence-electron chi connectivity index (χ3n) is 13.1. The van der Waals surface area contributed by atoms with E-state index in [0.717, 1.165) is 114 Å². The molecule has 13 nitrogen and oxygen atoms in total. The van der Waals surface area contributed by atoms with E-state index in [1.54, 1.807) is 40.8 Å². The van der Waals surface area contributed by atoms with Gasteiger partial charge in [-0.2, -0.15) is 5.26 Å². The molecule has 3 fully saturated rings. The van der Waals surface area contributed by atoms with Crippen LogP contribution in [0.3, 0.4) is 0 Å². The van der Waals surface area contributed by atoms with E-state index >= 15 is 0 Å². The van der Waals surface area contributed by atoms with Crippen molar-refractivity contribution in [2.45, 2.75) is 89.9 Å². The first-order valence-corrected chi connectivity index (χ1v) is 22.1. The molecule has 6 rings (SSSR count). The number of carbonyl (C=O) groups is 2. The van der Waals surface area contributed by atoms with Crippen molar-refractivity contribution in [1.82, 2.24) is 24.7 Å². The number of piperidine rings is 1. The fraction of sp³-hybridized carbons (Fsp3) is 0.604. The molecule has 3 heterocycles. The van der Waals surface area contributed by atoms with Gasteiger partial charge in [-0.05, 0) is 118 Å². The summed E-state index contributed by atoms with van der Waals surface area (Å²) in [6.07, 6.45) is 13.7. The normalized spacial score (nSPS) is 17.5. The fourth-order valence-corrected chi connectivity index (χ4v) is 9.22. The van der Waals surface area contributed by atoms with Crippen molar-refractivity contribution in [2.75, 3.05) is 92.7 Å². The molecule has 61 heavy (non-hydrogen) atoms.